The van der Waals surface area contributed by atoms with Gasteiger partial charge in [0.15, 0.2) is 0 Å². The fourth-order valence-electron chi connectivity index (χ4n) is 1.23. The molecule has 0 fully saturated rings. The first-order chi connectivity index (χ1) is 6.11. The Bertz CT molecular complexity index is 476. The van der Waals surface area contributed by atoms with Gasteiger partial charge in [-0.3, -0.25) is 0 Å². The van der Waals surface area contributed by atoms with Gasteiger partial charge in [-0.15, -0.1) is 0 Å². The number of nitrogens with zero attached hydrogens (tertiary/aromatic N) is 2. The summed E-state index contributed by atoms with van der Waals surface area (Å²) in [5.41, 5.74) is 1.44. The van der Waals surface area contributed by atoms with Gasteiger partial charge >= 0.3 is 0 Å². The minimum Gasteiger partial charge on any atom is -0.332 e. The van der Waals surface area contributed by atoms with E-state index >= 15 is 0 Å². The summed E-state index contributed by atoms with van der Waals surface area (Å²) >= 11 is 17.8. The van der Waals surface area contributed by atoms with E-state index in [2.05, 4.69) is 4.98 Å². The average Bonchev–Trinajstić information content (AvgIpc) is 2.44. The van der Waals surface area contributed by atoms with E-state index in [1.807, 2.05) is 7.05 Å². The summed E-state index contributed by atoms with van der Waals surface area (Å²) in [6, 6.07) is 1.62. The minimum atomic E-state index is 0.429. The number of hydrogen-bond donors (Lipinski definition) is 0. The van der Waals surface area contributed by atoms with Crippen LogP contribution in [0.3, 0.4) is 0 Å². The van der Waals surface area contributed by atoms with Crippen LogP contribution >= 0.6 is 34.8 Å². The van der Waals surface area contributed by atoms with Crippen LogP contribution in [0.5, 0.6) is 0 Å². The van der Waals surface area contributed by atoms with Crippen molar-refractivity contribution < 1.29 is 0 Å². The van der Waals surface area contributed by atoms with Crippen molar-refractivity contribution in [2.75, 3.05) is 0 Å². The molecule has 0 aliphatic carbocycles. The van der Waals surface area contributed by atoms with E-state index in [-0.39, 0.29) is 0 Å². The van der Waals surface area contributed by atoms with Crippen molar-refractivity contribution in [2.24, 2.45) is 7.05 Å². The molecule has 13 heavy (non-hydrogen) atoms. The second kappa shape index (κ2) is 3.05. The summed E-state index contributed by atoms with van der Waals surface area (Å²) in [5, 5.41) is 1.43. The first-order valence-electron chi connectivity index (χ1n) is 3.56. The van der Waals surface area contributed by atoms with Gasteiger partial charge in [0.2, 0.25) is 0 Å². The first kappa shape index (κ1) is 9.13. The van der Waals surface area contributed by atoms with Crippen molar-refractivity contribution in [2.45, 2.75) is 0 Å². The number of rotatable bonds is 0. The predicted molar refractivity (Wildman–Crippen MR) is 55.7 cm³/mol. The van der Waals surface area contributed by atoms with E-state index in [4.69, 9.17) is 34.8 Å². The van der Waals surface area contributed by atoms with Crippen molar-refractivity contribution >= 4 is 45.8 Å². The summed E-state index contributed by atoms with van der Waals surface area (Å²) in [6.45, 7) is 0. The third-order valence-corrected chi connectivity index (χ3v) is 2.90. The normalized spacial score (nSPS) is 11.1. The van der Waals surface area contributed by atoms with Crippen LogP contribution in [0.25, 0.3) is 11.0 Å². The van der Waals surface area contributed by atoms with Crippen LogP contribution in [0, 0.1) is 0 Å². The van der Waals surface area contributed by atoms with Gasteiger partial charge in [-0.05, 0) is 6.07 Å². The van der Waals surface area contributed by atoms with Crippen molar-refractivity contribution in [1.29, 1.82) is 0 Å². The Morgan fingerprint density at radius 3 is 2.62 bits per heavy atom. The van der Waals surface area contributed by atoms with E-state index in [0.29, 0.717) is 20.6 Å². The zero-order valence-electron chi connectivity index (χ0n) is 6.68. The molecule has 0 unspecified atom stereocenters. The highest BCUT2D eigenvalue weighted by Gasteiger charge is 2.11. The Morgan fingerprint density at radius 2 is 1.92 bits per heavy atom. The van der Waals surface area contributed by atoms with Gasteiger partial charge in [0, 0.05) is 7.05 Å². The molecule has 2 aromatic rings. The highest BCUT2D eigenvalue weighted by atomic mass is 35.5. The van der Waals surface area contributed by atoms with Crippen molar-refractivity contribution in [3.63, 3.8) is 0 Å². The van der Waals surface area contributed by atoms with Crippen LogP contribution in [0.2, 0.25) is 15.1 Å². The molecule has 1 aromatic heterocycles. The second-order valence-electron chi connectivity index (χ2n) is 2.71. The third kappa shape index (κ3) is 1.30. The summed E-state index contributed by atoms with van der Waals surface area (Å²) in [5.74, 6) is 0. The summed E-state index contributed by atoms with van der Waals surface area (Å²) in [4.78, 5) is 4.10. The molecule has 2 rings (SSSR count). The van der Waals surface area contributed by atoms with Gasteiger partial charge in [-0.2, -0.15) is 0 Å². The zero-order valence-corrected chi connectivity index (χ0v) is 8.95. The molecule has 0 aliphatic heterocycles. The van der Waals surface area contributed by atoms with Crippen LogP contribution < -0.4 is 0 Å². The molecule has 2 nitrogen and oxygen atoms in total. The van der Waals surface area contributed by atoms with Gasteiger partial charge < -0.3 is 4.57 Å². The number of halogens is 3. The molecule has 0 atom stereocenters. The monoisotopic (exact) mass is 234 g/mol. The molecular weight excluding hydrogens is 230 g/mol. The van der Waals surface area contributed by atoms with E-state index in [1.54, 1.807) is 17.0 Å². The fraction of sp³-hybridized carbons (Fsp3) is 0.125. The predicted octanol–water partition coefficient (Wildman–Crippen LogP) is 3.53. The van der Waals surface area contributed by atoms with Crippen molar-refractivity contribution in [1.82, 2.24) is 9.55 Å². The Balaban J connectivity index is 2.99. The molecule has 1 aromatic carbocycles. The van der Waals surface area contributed by atoms with Crippen LogP contribution in [0.4, 0.5) is 0 Å². The molecule has 5 heteroatoms. The minimum absolute atomic E-state index is 0.429. The topological polar surface area (TPSA) is 17.8 Å². The number of aryl methyl sites for hydroxylation is 1. The van der Waals surface area contributed by atoms with Crippen LogP contribution in [-0.2, 0) is 7.05 Å². The molecule has 0 radical (unpaired) electrons. The lowest BCUT2D eigenvalue weighted by Gasteiger charge is -2.00. The summed E-state index contributed by atoms with van der Waals surface area (Å²) in [7, 11) is 1.85. The van der Waals surface area contributed by atoms with Gasteiger partial charge in [0.05, 0.1) is 26.9 Å². The van der Waals surface area contributed by atoms with Crippen molar-refractivity contribution in [3.8, 4) is 0 Å². The second-order valence-corrected chi connectivity index (χ2v) is 3.90. The molecule has 68 valence electrons. The lowest BCUT2D eigenvalue weighted by Crippen LogP contribution is -1.85. The van der Waals surface area contributed by atoms with E-state index in [0.717, 1.165) is 5.52 Å². The standard InChI is InChI=1S/C8H5Cl3N2/c1-13-3-12-7-6(11)4(9)2-5(10)8(7)13/h2-3H,1H3. The maximum absolute atomic E-state index is 5.98. The Labute approximate surface area is 90.0 Å². The molecule has 1 heterocycles. The Morgan fingerprint density at radius 1 is 1.23 bits per heavy atom. The van der Waals surface area contributed by atoms with Crippen LogP contribution in [-0.4, -0.2) is 9.55 Å². The quantitative estimate of drug-likeness (QED) is 0.639. The van der Waals surface area contributed by atoms with Crippen LogP contribution in [0.15, 0.2) is 12.4 Å². The molecule has 0 saturated carbocycles. The van der Waals surface area contributed by atoms with Gasteiger partial charge in [0.1, 0.15) is 5.52 Å². The number of fused-ring (bicyclic) bond motifs is 1. The van der Waals surface area contributed by atoms with E-state index < -0.39 is 0 Å². The fourth-order valence-corrected chi connectivity index (χ4v) is 2.01. The summed E-state index contributed by atoms with van der Waals surface area (Å²) in [6.07, 6.45) is 1.65. The summed E-state index contributed by atoms with van der Waals surface area (Å²) < 4.78 is 1.81. The SMILES string of the molecule is Cn1cnc2c(Cl)c(Cl)cc(Cl)c21. The highest BCUT2D eigenvalue weighted by Crippen LogP contribution is 2.34. The number of aromatic nitrogens is 2. The maximum Gasteiger partial charge on any atom is 0.110 e. The van der Waals surface area contributed by atoms with Gasteiger partial charge in [0.25, 0.3) is 0 Å². The molecule has 0 amide bonds. The number of hydrogen-bond acceptors (Lipinski definition) is 1. The molecule has 0 spiro atoms. The zero-order chi connectivity index (χ0) is 9.59. The number of benzene rings is 1. The van der Waals surface area contributed by atoms with Gasteiger partial charge in [-0.1, -0.05) is 34.8 Å². The molecular formula is C8H5Cl3N2. The van der Waals surface area contributed by atoms with E-state index in [1.165, 1.54) is 0 Å². The van der Waals surface area contributed by atoms with Gasteiger partial charge in [-0.25, -0.2) is 4.98 Å². The largest absolute Gasteiger partial charge is 0.332 e. The third-order valence-electron chi connectivity index (χ3n) is 1.83. The Kier molecular flexibility index (Phi) is 2.14. The molecule has 0 saturated heterocycles. The van der Waals surface area contributed by atoms with Crippen LogP contribution in [0.1, 0.15) is 0 Å². The van der Waals surface area contributed by atoms with E-state index in [9.17, 15) is 0 Å². The first-order valence-corrected chi connectivity index (χ1v) is 4.69. The number of imidazole rings is 1. The smallest absolute Gasteiger partial charge is 0.110 e. The maximum atomic E-state index is 5.98. The van der Waals surface area contributed by atoms with Crippen molar-refractivity contribution in [3.05, 3.63) is 27.5 Å². The molecule has 0 bridgehead atoms. The lowest BCUT2D eigenvalue weighted by atomic mass is 10.3. The molecule has 0 aliphatic rings. The lowest BCUT2D eigenvalue weighted by molar-refractivity contribution is 0.948. The molecule has 0 N–H and O–H groups in total. The highest BCUT2D eigenvalue weighted by molar-refractivity contribution is 6.47. The average molecular weight is 236 g/mol. The Hall–Kier alpha value is -0.440.